The molecule has 1 fully saturated rings. The van der Waals surface area contributed by atoms with Crippen LogP contribution in [0.25, 0.3) is 0 Å². The Morgan fingerprint density at radius 2 is 1.59 bits per heavy atom. The van der Waals surface area contributed by atoms with E-state index >= 15 is 0 Å². The second kappa shape index (κ2) is 5.80. The third-order valence-corrected chi connectivity index (χ3v) is 2.73. The predicted octanol–water partition coefficient (Wildman–Crippen LogP) is -2.03. The SMILES string of the molecule is C/C(=C\C(C)C)C1(C)C(=O)NC(=O)NC1=O.[Na+]. The number of amides is 4. The van der Waals surface area contributed by atoms with E-state index in [1.54, 1.807) is 6.92 Å². The summed E-state index contributed by atoms with van der Waals surface area (Å²) in [6.07, 6.45) is 1.84. The Balaban J connectivity index is 0.00000256. The molecule has 0 aromatic rings. The summed E-state index contributed by atoms with van der Waals surface area (Å²) < 4.78 is 0. The number of nitrogens with one attached hydrogen (secondary N) is 2. The fourth-order valence-electron chi connectivity index (χ4n) is 1.62. The molecular weight excluding hydrogens is 231 g/mol. The first-order valence-corrected chi connectivity index (χ1v) is 5.14. The average molecular weight is 247 g/mol. The second-order valence-corrected chi connectivity index (χ2v) is 4.46. The molecule has 0 unspecified atom stereocenters. The molecule has 1 rings (SSSR count). The van der Waals surface area contributed by atoms with Crippen molar-refractivity contribution in [3.63, 3.8) is 0 Å². The van der Waals surface area contributed by atoms with Crippen LogP contribution in [0.4, 0.5) is 4.79 Å². The van der Waals surface area contributed by atoms with Crippen molar-refractivity contribution in [2.75, 3.05) is 0 Å². The number of hydrogen-bond acceptors (Lipinski definition) is 3. The molecule has 0 radical (unpaired) electrons. The molecule has 0 bridgehead atoms. The zero-order chi connectivity index (χ0) is 12.5. The molecular formula is C11H16N2NaO3+. The van der Waals surface area contributed by atoms with Crippen molar-refractivity contribution < 1.29 is 43.9 Å². The summed E-state index contributed by atoms with van der Waals surface area (Å²) in [5.41, 5.74) is -0.650. The van der Waals surface area contributed by atoms with Gasteiger partial charge in [0.15, 0.2) is 0 Å². The maximum Gasteiger partial charge on any atom is 1.00 e. The molecule has 0 spiro atoms. The molecule has 1 heterocycles. The normalized spacial score (nSPS) is 19.6. The van der Waals surface area contributed by atoms with Gasteiger partial charge in [-0.05, 0) is 19.8 Å². The third-order valence-electron chi connectivity index (χ3n) is 2.73. The standard InChI is InChI=1S/C11H16N2O3.Na/c1-6(2)5-7(3)11(4)8(14)12-10(16)13-9(11)15;/h5-6H,1-4H3,(H2,12,13,14,15,16);/q;+1/b7-5+;. The molecule has 0 aromatic carbocycles. The van der Waals surface area contributed by atoms with Gasteiger partial charge in [-0.15, -0.1) is 0 Å². The van der Waals surface area contributed by atoms with Gasteiger partial charge >= 0.3 is 35.6 Å². The fraction of sp³-hybridized carbons (Fsp3) is 0.545. The molecule has 17 heavy (non-hydrogen) atoms. The van der Waals surface area contributed by atoms with Crippen molar-refractivity contribution in [2.45, 2.75) is 27.7 Å². The van der Waals surface area contributed by atoms with E-state index in [2.05, 4.69) is 10.6 Å². The van der Waals surface area contributed by atoms with Crippen molar-refractivity contribution in [2.24, 2.45) is 11.3 Å². The van der Waals surface area contributed by atoms with Gasteiger partial charge in [-0.25, -0.2) is 4.79 Å². The molecule has 0 aromatic heterocycles. The van der Waals surface area contributed by atoms with E-state index in [9.17, 15) is 14.4 Å². The molecule has 88 valence electrons. The number of allylic oxidation sites excluding steroid dienone is 1. The maximum atomic E-state index is 11.7. The molecule has 0 saturated carbocycles. The Morgan fingerprint density at radius 1 is 1.18 bits per heavy atom. The van der Waals surface area contributed by atoms with Crippen LogP contribution in [0.5, 0.6) is 0 Å². The van der Waals surface area contributed by atoms with Crippen LogP contribution in [-0.4, -0.2) is 17.8 Å². The van der Waals surface area contributed by atoms with Crippen LogP contribution in [0.2, 0.25) is 0 Å². The molecule has 0 aliphatic carbocycles. The largest absolute Gasteiger partial charge is 1.00 e. The number of barbiturate groups is 1. The zero-order valence-corrected chi connectivity index (χ0v) is 12.9. The molecule has 0 atom stereocenters. The minimum Gasteiger partial charge on any atom is -0.277 e. The van der Waals surface area contributed by atoms with Gasteiger partial charge in [0, 0.05) is 0 Å². The Kier molecular flexibility index (Phi) is 5.58. The quantitative estimate of drug-likeness (QED) is 0.335. The van der Waals surface area contributed by atoms with Crippen molar-refractivity contribution in [1.29, 1.82) is 0 Å². The average Bonchev–Trinajstić information content (AvgIpc) is 2.12. The predicted molar refractivity (Wildman–Crippen MR) is 58.4 cm³/mol. The van der Waals surface area contributed by atoms with Gasteiger partial charge in [0.2, 0.25) is 11.8 Å². The van der Waals surface area contributed by atoms with Crippen LogP contribution < -0.4 is 40.2 Å². The number of carbonyl (C=O) groups is 3. The van der Waals surface area contributed by atoms with Gasteiger partial charge in [0.1, 0.15) is 5.41 Å². The molecule has 6 heteroatoms. The molecule has 2 N–H and O–H groups in total. The number of carbonyl (C=O) groups excluding carboxylic acids is 3. The van der Waals surface area contributed by atoms with E-state index in [1.807, 2.05) is 19.9 Å². The number of urea groups is 1. The molecule has 1 saturated heterocycles. The summed E-state index contributed by atoms with van der Waals surface area (Å²) in [5.74, 6) is -0.915. The summed E-state index contributed by atoms with van der Waals surface area (Å²) in [4.78, 5) is 34.4. The van der Waals surface area contributed by atoms with Crippen LogP contribution in [0.1, 0.15) is 27.7 Å². The fourth-order valence-corrected chi connectivity index (χ4v) is 1.62. The van der Waals surface area contributed by atoms with Crippen LogP contribution >= 0.6 is 0 Å². The van der Waals surface area contributed by atoms with Crippen molar-refractivity contribution in [3.8, 4) is 0 Å². The smallest absolute Gasteiger partial charge is 0.277 e. The minimum atomic E-state index is -1.29. The topological polar surface area (TPSA) is 75.3 Å². The molecule has 1 aliphatic rings. The van der Waals surface area contributed by atoms with Crippen LogP contribution in [0, 0.1) is 11.3 Å². The summed E-state index contributed by atoms with van der Waals surface area (Å²) >= 11 is 0. The molecule has 5 nitrogen and oxygen atoms in total. The summed E-state index contributed by atoms with van der Waals surface area (Å²) in [6.45, 7) is 7.14. The van der Waals surface area contributed by atoms with E-state index in [0.717, 1.165) is 0 Å². The first-order valence-electron chi connectivity index (χ1n) is 5.14. The minimum absolute atomic E-state index is 0. The van der Waals surface area contributed by atoms with Crippen LogP contribution in [-0.2, 0) is 9.59 Å². The van der Waals surface area contributed by atoms with Gasteiger partial charge in [0.05, 0.1) is 0 Å². The van der Waals surface area contributed by atoms with E-state index < -0.39 is 23.3 Å². The number of rotatable bonds is 2. The Labute approximate surface area is 123 Å². The van der Waals surface area contributed by atoms with Crippen molar-refractivity contribution >= 4 is 17.8 Å². The van der Waals surface area contributed by atoms with Crippen LogP contribution in [0.15, 0.2) is 11.6 Å². The third kappa shape index (κ3) is 3.18. The van der Waals surface area contributed by atoms with E-state index in [0.29, 0.717) is 5.57 Å². The van der Waals surface area contributed by atoms with Gasteiger partial charge in [-0.3, -0.25) is 20.2 Å². The number of hydrogen-bond donors (Lipinski definition) is 2. The number of imide groups is 2. The van der Waals surface area contributed by atoms with Gasteiger partial charge < -0.3 is 0 Å². The summed E-state index contributed by atoms with van der Waals surface area (Å²) in [5, 5.41) is 4.21. The van der Waals surface area contributed by atoms with E-state index in [4.69, 9.17) is 0 Å². The van der Waals surface area contributed by atoms with Crippen molar-refractivity contribution in [1.82, 2.24) is 10.6 Å². The van der Waals surface area contributed by atoms with Crippen LogP contribution in [0.3, 0.4) is 0 Å². The van der Waals surface area contributed by atoms with Gasteiger partial charge in [-0.1, -0.05) is 25.5 Å². The van der Waals surface area contributed by atoms with Gasteiger partial charge in [0.25, 0.3) is 0 Å². The molecule has 1 aliphatic heterocycles. The van der Waals surface area contributed by atoms with E-state index in [-0.39, 0.29) is 35.5 Å². The maximum absolute atomic E-state index is 11.7. The van der Waals surface area contributed by atoms with E-state index in [1.165, 1.54) is 6.92 Å². The van der Waals surface area contributed by atoms with Crippen molar-refractivity contribution in [3.05, 3.63) is 11.6 Å². The zero-order valence-electron chi connectivity index (χ0n) is 10.9. The first kappa shape index (κ1) is 16.4. The Bertz CT molecular complexity index is 368. The molecule has 4 amide bonds. The first-order chi connectivity index (χ1) is 7.28. The summed E-state index contributed by atoms with van der Waals surface area (Å²) in [7, 11) is 0. The monoisotopic (exact) mass is 247 g/mol. The Morgan fingerprint density at radius 3 is 1.94 bits per heavy atom. The Hall–Kier alpha value is -0.650. The summed E-state index contributed by atoms with van der Waals surface area (Å²) in [6, 6.07) is -0.759. The second-order valence-electron chi connectivity index (χ2n) is 4.46. The van der Waals surface area contributed by atoms with Gasteiger partial charge in [-0.2, -0.15) is 0 Å².